The van der Waals surface area contributed by atoms with E-state index in [9.17, 15) is 10.2 Å². The molecule has 0 aromatic carbocycles. The molecule has 0 unspecified atom stereocenters. The third-order valence-electron chi connectivity index (χ3n) is 6.61. The number of rotatable bonds is 4. The van der Waals surface area contributed by atoms with Gasteiger partial charge in [0, 0.05) is 5.92 Å². The minimum absolute atomic E-state index is 0.0831. The Labute approximate surface area is 130 Å². The second kappa shape index (κ2) is 6.04. The lowest BCUT2D eigenvalue weighted by Crippen LogP contribution is -2.41. The maximum absolute atomic E-state index is 10.3. The van der Waals surface area contributed by atoms with E-state index < -0.39 is 5.60 Å². The normalized spacial score (nSPS) is 40.2. The largest absolute Gasteiger partial charge is 0.393 e. The molecule has 122 valence electrons. The van der Waals surface area contributed by atoms with Gasteiger partial charge < -0.3 is 10.2 Å². The van der Waals surface area contributed by atoms with Gasteiger partial charge in [0.25, 0.3) is 0 Å². The van der Waals surface area contributed by atoms with Crippen LogP contribution in [0.5, 0.6) is 0 Å². The first kappa shape index (κ1) is 17.0. The summed E-state index contributed by atoms with van der Waals surface area (Å²) >= 11 is 0. The summed E-state index contributed by atoms with van der Waals surface area (Å²) in [5, 5.41) is 20.4. The highest BCUT2D eigenvalue weighted by Crippen LogP contribution is 2.57. The quantitative estimate of drug-likeness (QED) is 0.764. The second-order valence-corrected chi connectivity index (χ2v) is 8.44. The van der Waals surface area contributed by atoms with Crippen LogP contribution in [-0.2, 0) is 0 Å². The summed E-state index contributed by atoms with van der Waals surface area (Å²) in [5.74, 6) is 1.86. The van der Waals surface area contributed by atoms with Crippen LogP contribution in [-0.4, -0.2) is 21.9 Å². The zero-order chi connectivity index (χ0) is 15.8. The number of aliphatic hydroxyl groups excluding tert-OH is 1. The molecule has 2 nitrogen and oxygen atoms in total. The van der Waals surface area contributed by atoms with Gasteiger partial charge in [-0.05, 0) is 62.7 Å². The van der Waals surface area contributed by atoms with E-state index in [4.69, 9.17) is 0 Å². The number of hydrogen-bond donors (Lipinski definition) is 2. The first-order chi connectivity index (χ1) is 9.66. The molecule has 2 N–H and O–H groups in total. The minimum Gasteiger partial charge on any atom is -0.393 e. The van der Waals surface area contributed by atoms with Crippen LogP contribution in [0.4, 0.5) is 0 Å². The Hall–Kier alpha value is -0.340. The Morgan fingerprint density at radius 2 is 1.81 bits per heavy atom. The van der Waals surface area contributed by atoms with Crippen molar-refractivity contribution in [2.45, 2.75) is 78.4 Å². The van der Waals surface area contributed by atoms with Crippen LogP contribution in [0.2, 0.25) is 0 Å². The van der Waals surface area contributed by atoms with E-state index >= 15 is 0 Å². The van der Waals surface area contributed by atoms with Gasteiger partial charge in [-0.2, -0.15) is 0 Å². The molecule has 0 aromatic rings. The third-order valence-corrected chi connectivity index (χ3v) is 6.61. The zero-order valence-corrected chi connectivity index (χ0v) is 14.5. The highest BCUT2D eigenvalue weighted by atomic mass is 16.3. The van der Waals surface area contributed by atoms with Gasteiger partial charge in [0.1, 0.15) is 0 Å². The fourth-order valence-electron chi connectivity index (χ4n) is 4.76. The summed E-state index contributed by atoms with van der Waals surface area (Å²) in [6, 6.07) is 0. The zero-order valence-electron chi connectivity index (χ0n) is 14.5. The number of hydrogen-bond acceptors (Lipinski definition) is 2. The fourth-order valence-corrected chi connectivity index (χ4v) is 4.76. The summed E-state index contributed by atoms with van der Waals surface area (Å²) in [5.41, 5.74) is -0.348. The SMILES string of the molecule is C[C@@H](/C=C/[C@H](C)C(C)(C)O)[C@H]1CC[C@H]2[C@@H](O)CCC[C@]12C. The molecule has 0 spiro atoms. The summed E-state index contributed by atoms with van der Waals surface area (Å²) in [6.07, 6.45) is 10.2. The summed E-state index contributed by atoms with van der Waals surface area (Å²) in [7, 11) is 0. The molecule has 2 fully saturated rings. The molecule has 0 saturated heterocycles. The van der Waals surface area contributed by atoms with Crippen LogP contribution in [0.3, 0.4) is 0 Å². The van der Waals surface area contributed by atoms with Crippen molar-refractivity contribution in [2.24, 2.45) is 29.1 Å². The van der Waals surface area contributed by atoms with Crippen LogP contribution < -0.4 is 0 Å². The molecule has 0 bridgehead atoms. The van der Waals surface area contributed by atoms with E-state index in [2.05, 4.69) is 32.9 Å². The Balaban J connectivity index is 2.06. The number of fused-ring (bicyclic) bond motifs is 1. The van der Waals surface area contributed by atoms with Crippen molar-refractivity contribution in [1.29, 1.82) is 0 Å². The van der Waals surface area contributed by atoms with Crippen molar-refractivity contribution in [1.82, 2.24) is 0 Å². The number of allylic oxidation sites excluding steroid dienone is 1. The van der Waals surface area contributed by atoms with Gasteiger partial charge in [-0.3, -0.25) is 0 Å². The van der Waals surface area contributed by atoms with Crippen LogP contribution in [0.25, 0.3) is 0 Å². The number of aliphatic hydroxyl groups is 2. The summed E-state index contributed by atoms with van der Waals surface area (Å²) in [6.45, 7) is 10.5. The average molecular weight is 294 g/mol. The van der Waals surface area contributed by atoms with Crippen molar-refractivity contribution in [2.75, 3.05) is 0 Å². The van der Waals surface area contributed by atoms with E-state index in [1.807, 2.05) is 13.8 Å². The average Bonchev–Trinajstić information content (AvgIpc) is 2.73. The molecular formula is C19H34O2. The fraction of sp³-hybridized carbons (Fsp3) is 0.895. The predicted molar refractivity (Wildman–Crippen MR) is 87.9 cm³/mol. The van der Waals surface area contributed by atoms with Crippen molar-refractivity contribution in [3.8, 4) is 0 Å². The Morgan fingerprint density at radius 3 is 2.43 bits per heavy atom. The molecular weight excluding hydrogens is 260 g/mol. The molecule has 0 aliphatic heterocycles. The Bertz CT molecular complexity index is 382. The van der Waals surface area contributed by atoms with Gasteiger partial charge in [-0.25, -0.2) is 0 Å². The van der Waals surface area contributed by atoms with E-state index in [0.29, 0.717) is 23.2 Å². The molecule has 2 heteroatoms. The van der Waals surface area contributed by atoms with Gasteiger partial charge in [0.05, 0.1) is 11.7 Å². The highest BCUT2D eigenvalue weighted by Gasteiger charge is 2.51. The van der Waals surface area contributed by atoms with Crippen molar-refractivity contribution >= 4 is 0 Å². The maximum atomic E-state index is 10.3. The Kier molecular flexibility index (Phi) is 4.90. The second-order valence-electron chi connectivity index (χ2n) is 8.44. The monoisotopic (exact) mass is 294 g/mol. The molecule has 0 amide bonds. The lowest BCUT2D eigenvalue weighted by Gasteiger charge is -2.44. The van der Waals surface area contributed by atoms with Crippen molar-refractivity contribution < 1.29 is 10.2 Å². The molecule has 2 saturated carbocycles. The van der Waals surface area contributed by atoms with Crippen molar-refractivity contribution in [3.05, 3.63) is 12.2 Å². The lowest BCUT2D eigenvalue weighted by molar-refractivity contribution is -0.0232. The van der Waals surface area contributed by atoms with E-state index in [-0.39, 0.29) is 12.0 Å². The summed E-state index contributed by atoms with van der Waals surface area (Å²) < 4.78 is 0. The van der Waals surface area contributed by atoms with Gasteiger partial charge in [-0.15, -0.1) is 0 Å². The van der Waals surface area contributed by atoms with Gasteiger partial charge in [-0.1, -0.05) is 39.3 Å². The topological polar surface area (TPSA) is 40.5 Å². The van der Waals surface area contributed by atoms with E-state index in [1.54, 1.807) is 0 Å². The molecule has 0 aromatic heterocycles. The molecule has 2 aliphatic carbocycles. The van der Waals surface area contributed by atoms with E-state index in [0.717, 1.165) is 6.42 Å². The van der Waals surface area contributed by atoms with Crippen LogP contribution in [0.1, 0.15) is 66.7 Å². The Morgan fingerprint density at radius 1 is 1.14 bits per heavy atom. The maximum Gasteiger partial charge on any atom is 0.0651 e. The van der Waals surface area contributed by atoms with E-state index in [1.165, 1.54) is 25.7 Å². The molecule has 21 heavy (non-hydrogen) atoms. The van der Waals surface area contributed by atoms with Crippen LogP contribution in [0, 0.1) is 29.1 Å². The first-order valence-electron chi connectivity index (χ1n) is 8.75. The molecule has 0 radical (unpaired) electrons. The van der Waals surface area contributed by atoms with Gasteiger partial charge >= 0.3 is 0 Å². The molecule has 6 atom stereocenters. The minimum atomic E-state index is -0.653. The van der Waals surface area contributed by atoms with Gasteiger partial charge in [0.2, 0.25) is 0 Å². The third kappa shape index (κ3) is 3.37. The molecule has 0 heterocycles. The van der Waals surface area contributed by atoms with Gasteiger partial charge in [0.15, 0.2) is 0 Å². The standard InChI is InChI=1S/C19H34O2/c1-13(8-9-14(2)18(3,4)21)15-10-11-16-17(20)7-6-12-19(15,16)5/h8-9,13-17,20-21H,6-7,10-12H2,1-5H3/b9-8+/t13-,14-,15+,16-,17-,19+/m0/s1. The van der Waals surface area contributed by atoms with Crippen molar-refractivity contribution in [3.63, 3.8) is 0 Å². The predicted octanol–water partition coefficient (Wildman–Crippen LogP) is 4.16. The van der Waals surface area contributed by atoms with Crippen LogP contribution in [0.15, 0.2) is 12.2 Å². The smallest absolute Gasteiger partial charge is 0.0651 e. The molecule has 2 aliphatic rings. The first-order valence-corrected chi connectivity index (χ1v) is 8.75. The summed E-state index contributed by atoms with van der Waals surface area (Å²) in [4.78, 5) is 0. The van der Waals surface area contributed by atoms with Crippen LogP contribution >= 0.6 is 0 Å². The molecule has 2 rings (SSSR count). The lowest BCUT2D eigenvalue weighted by atomic mass is 9.62. The highest BCUT2D eigenvalue weighted by molar-refractivity contribution is 5.06.